The number of benzene rings is 1. The highest BCUT2D eigenvalue weighted by atomic mass is 32.2. The van der Waals surface area contributed by atoms with E-state index in [1.54, 1.807) is 0 Å². The van der Waals surface area contributed by atoms with Gasteiger partial charge in [0.25, 0.3) is 5.91 Å². The number of hydrogen-bond acceptors (Lipinski definition) is 5. The van der Waals surface area contributed by atoms with Crippen molar-refractivity contribution in [2.24, 2.45) is 5.84 Å². The first-order valence-electron chi connectivity index (χ1n) is 6.00. The van der Waals surface area contributed by atoms with Gasteiger partial charge in [-0.1, -0.05) is 18.2 Å². The minimum atomic E-state index is -0.207. The molecule has 0 atom stereocenters. The van der Waals surface area contributed by atoms with Crippen LogP contribution in [0.1, 0.15) is 15.2 Å². The van der Waals surface area contributed by atoms with Crippen LogP contribution < -0.4 is 11.3 Å². The summed E-state index contributed by atoms with van der Waals surface area (Å²) >= 11 is 3.34. The van der Waals surface area contributed by atoms with Gasteiger partial charge in [0.1, 0.15) is 0 Å². The predicted octanol–water partition coefficient (Wildman–Crippen LogP) is 2.14. The maximum Gasteiger partial charge on any atom is 0.275 e. The molecule has 0 unspecified atom stereocenters. The number of thioether (sulfide) groups is 1. The number of nitrogen functional groups attached to an aromatic ring is 1. The Morgan fingerprint density at radius 3 is 2.95 bits per heavy atom. The molecule has 19 heavy (non-hydrogen) atoms. The van der Waals surface area contributed by atoms with Gasteiger partial charge in [0, 0.05) is 10.5 Å². The van der Waals surface area contributed by atoms with E-state index in [1.807, 2.05) is 30.0 Å². The van der Waals surface area contributed by atoms with E-state index in [0.717, 1.165) is 39.5 Å². The molecule has 1 aromatic heterocycles. The normalized spacial score (nSPS) is 15.4. The zero-order valence-electron chi connectivity index (χ0n) is 10.2. The summed E-state index contributed by atoms with van der Waals surface area (Å²) in [6.45, 7) is 1.62. The Balaban J connectivity index is 1.94. The van der Waals surface area contributed by atoms with Gasteiger partial charge in [0.15, 0.2) is 0 Å². The summed E-state index contributed by atoms with van der Waals surface area (Å²) in [6.07, 6.45) is 0. The Labute approximate surface area is 119 Å². The molecule has 3 rings (SSSR count). The third kappa shape index (κ3) is 2.49. The smallest absolute Gasteiger partial charge is 0.275 e. The van der Waals surface area contributed by atoms with Crippen LogP contribution in [0.25, 0.3) is 10.1 Å². The Morgan fingerprint density at radius 1 is 1.47 bits per heavy atom. The average Bonchev–Trinajstić information content (AvgIpc) is 2.75. The lowest BCUT2D eigenvalue weighted by Crippen LogP contribution is -2.31. The van der Waals surface area contributed by atoms with Crippen LogP contribution in [0.4, 0.5) is 0 Å². The largest absolute Gasteiger partial charge is 0.379 e. The molecular weight excluding hydrogens is 280 g/mol. The number of carbonyl (C=O) groups excluding carboxylic acids is 1. The first-order valence-corrected chi connectivity index (χ1v) is 7.87. The molecule has 0 bridgehead atoms. The lowest BCUT2D eigenvalue weighted by Gasteiger charge is -2.25. The number of nitrogens with two attached hydrogens (primary N) is 1. The van der Waals surface area contributed by atoms with E-state index in [9.17, 15) is 4.79 Å². The summed E-state index contributed by atoms with van der Waals surface area (Å²) in [5.74, 6) is 5.88. The molecular formula is C13H14N2O2S2. The lowest BCUT2D eigenvalue weighted by molar-refractivity contribution is 0.0455. The zero-order valence-corrected chi connectivity index (χ0v) is 11.9. The van der Waals surface area contributed by atoms with Crippen molar-refractivity contribution in [1.29, 1.82) is 0 Å². The highest BCUT2D eigenvalue weighted by Crippen LogP contribution is 2.35. The summed E-state index contributed by atoms with van der Waals surface area (Å²) in [5, 5.41) is 1.70. The first kappa shape index (κ1) is 12.9. The average molecular weight is 294 g/mol. The standard InChI is InChI=1S/C13H14N2O2S2/c14-15-13(16)12-10(7-18-8-5-17-6-8)9-3-1-2-4-11(9)19-12/h1-4,8H,5-7,14H2,(H,15,16). The molecule has 1 fully saturated rings. The Kier molecular flexibility index (Phi) is 3.74. The molecule has 1 aliphatic rings. The third-order valence-corrected chi connectivity index (χ3v) is 5.52. The zero-order chi connectivity index (χ0) is 13.2. The number of fused-ring (bicyclic) bond motifs is 1. The SMILES string of the molecule is NNC(=O)c1sc2ccccc2c1CSC1COC1. The van der Waals surface area contributed by atoms with Crippen LogP contribution >= 0.6 is 23.1 Å². The summed E-state index contributed by atoms with van der Waals surface area (Å²) in [7, 11) is 0. The van der Waals surface area contributed by atoms with Crippen molar-refractivity contribution in [1.82, 2.24) is 5.43 Å². The number of carbonyl (C=O) groups is 1. The first-order chi connectivity index (χ1) is 9.29. The van der Waals surface area contributed by atoms with Gasteiger partial charge >= 0.3 is 0 Å². The molecule has 3 N–H and O–H groups in total. The number of nitrogens with one attached hydrogen (secondary N) is 1. The summed E-state index contributed by atoms with van der Waals surface area (Å²) in [6, 6.07) is 8.08. The second-order valence-corrected chi connectivity index (χ2v) is 6.69. The third-order valence-electron chi connectivity index (χ3n) is 3.11. The van der Waals surface area contributed by atoms with E-state index in [4.69, 9.17) is 10.6 Å². The van der Waals surface area contributed by atoms with E-state index in [1.165, 1.54) is 11.3 Å². The van der Waals surface area contributed by atoms with Crippen LogP contribution in [0.2, 0.25) is 0 Å². The van der Waals surface area contributed by atoms with E-state index in [2.05, 4.69) is 11.5 Å². The molecule has 2 heterocycles. The summed E-state index contributed by atoms with van der Waals surface area (Å²) in [4.78, 5) is 12.6. The molecule has 1 saturated heterocycles. The lowest BCUT2D eigenvalue weighted by atomic mass is 10.1. The van der Waals surface area contributed by atoms with E-state index < -0.39 is 0 Å². The van der Waals surface area contributed by atoms with Gasteiger partial charge in [-0.2, -0.15) is 0 Å². The second kappa shape index (κ2) is 5.50. The van der Waals surface area contributed by atoms with Gasteiger partial charge in [0.2, 0.25) is 0 Å². The molecule has 100 valence electrons. The number of hydrogen-bond donors (Lipinski definition) is 2. The molecule has 1 aliphatic heterocycles. The van der Waals surface area contributed by atoms with Gasteiger partial charge in [-0.05, 0) is 17.0 Å². The fraction of sp³-hybridized carbons (Fsp3) is 0.308. The summed E-state index contributed by atoms with van der Waals surface area (Å²) < 4.78 is 6.30. The Bertz CT molecular complexity index is 608. The molecule has 2 aromatic rings. The van der Waals surface area contributed by atoms with Crippen molar-refractivity contribution in [2.75, 3.05) is 13.2 Å². The summed E-state index contributed by atoms with van der Waals surface area (Å²) in [5.41, 5.74) is 3.32. The number of amides is 1. The van der Waals surface area contributed by atoms with Gasteiger partial charge < -0.3 is 4.74 Å². The maximum atomic E-state index is 11.9. The fourth-order valence-electron chi connectivity index (χ4n) is 2.00. The van der Waals surface area contributed by atoms with Crippen LogP contribution in [0, 0.1) is 0 Å². The van der Waals surface area contributed by atoms with Crippen LogP contribution in [0.5, 0.6) is 0 Å². The van der Waals surface area contributed by atoms with Crippen LogP contribution in [-0.2, 0) is 10.5 Å². The van der Waals surface area contributed by atoms with E-state index in [0.29, 0.717) is 5.25 Å². The van der Waals surface area contributed by atoms with Gasteiger partial charge in [-0.15, -0.1) is 23.1 Å². The van der Waals surface area contributed by atoms with Crippen molar-refractivity contribution < 1.29 is 9.53 Å². The second-order valence-electron chi connectivity index (χ2n) is 4.35. The quantitative estimate of drug-likeness (QED) is 0.515. The monoisotopic (exact) mass is 294 g/mol. The minimum Gasteiger partial charge on any atom is -0.379 e. The fourth-order valence-corrected chi connectivity index (χ4v) is 4.31. The van der Waals surface area contributed by atoms with Crippen molar-refractivity contribution >= 4 is 39.1 Å². The molecule has 4 nitrogen and oxygen atoms in total. The molecule has 0 spiro atoms. The number of ether oxygens (including phenoxy) is 1. The predicted molar refractivity (Wildman–Crippen MR) is 79.4 cm³/mol. The van der Waals surface area contributed by atoms with Crippen LogP contribution in [-0.4, -0.2) is 24.4 Å². The van der Waals surface area contributed by atoms with Gasteiger partial charge in [-0.3, -0.25) is 10.2 Å². The van der Waals surface area contributed by atoms with Crippen molar-refractivity contribution in [3.63, 3.8) is 0 Å². The molecule has 0 aliphatic carbocycles. The van der Waals surface area contributed by atoms with Crippen LogP contribution in [0.15, 0.2) is 24.3 Å². The topological polar surface area (TPSA) is 64.3 Å². The van der Waals surface area contributed by atoms with Gasteiger partial charge in [0.05, 0.1) is 23.3 Å². The molecule has 6 heteroatoms. The number of thiophene rings is 1. The van der Waals surface area contributed by atoms with Crippen LogP contribution in [0.3, 0.4) is 0 Å². The van der Waals surface area contributed by atoms with Crippen molar-refractivity contribution in [3.8, 4) is 0 Å². The van der Waals surface area contributed by atoms with Crippen molar-refractivity contribution in [2.45, 2.75) is 11.0 Å². The maximum absolute atomic E-state index is 11.9. The highest BCUT2D eigenvalue weighted by molar-refractivity contribution is 7.99. The molecule has 0 radical (unpaired) electrons. The van der Waals surface area contributed by atoms with Crippen molar-refractivity contribution in [3.05, 3.63) is 34.7 Å². The highest BCUT2D eigenvalue weighted by Gasteiger charge is 2.22. The number of hydrazine groups is 1. The molecule has 1 amide bonds. The number of rotatable bonds is 4. The molecule has 1 aromatic carbocycles. The molecule has 0 saturated carbocycles. The Morgan fingerprint density at radius 2 is 2.26 bits per heavy atom. The van der Waals surface area contributed by atoms with Gasteiger partial charge in [-0.25, -0.2) is 5.84 Å². The minimum absolute atomic E-state index is 0.207. The Hall–Kier alpha value is -1.08. The van der Waals surface area contributed by atoms with E-state index in [-0.39, 0.29) is 5.91 Å². The van der Waals surface area contributed by atoms with E-state index >= 15 is 0 Å².